The number of aromatic nitrogens is 4. The summed E-state index contributed by atoms with van der Waals surface area (Å²) in [6.45, 7) is 6.07. The van der Waals surface area contributed by atoms with Crippen molar-refractivity contribution in [3.05, 3.63) is 20.1 Å². The lowest BCUT2D eigenvalue weighted by molar-refractivity contribution is 0.374. The van der Waals surface area contributed by atoms with Gasteiger partial charge in [-0.1, -0.05) is 25.4 Å². The van der Waals surface area contributed by atoms with Crippen molar-refractivity contribution in [1.29, 1.82) is 0 Å². The van der Waals surface area contributed by atoms with Gasteiger partial charge in [-0.05, 0) is 35.4 Å². The summed E-state index contributed by atoms with van der Waals surface area (Å²) < 4.78 is 7.97. The van der Waals surface area contributed by atoms with Crippen LogP contribution in [0, 0.1) is 10.5 Å². The van der Waals surface area contributed by atoms with Crippen LogP contribution >= 0.6 is 34.2 Å². The fourth-order valence-electron chi connectivity index (χ4n) is 2.06. The van der Waals surface area contributed by atoms with Gasteiger partial charge in [-0.2, -0.15) is 5.10 Å². The number of nitrogens with zero attached hydrogens (tertiary/aromatic N) is 4. The number of ether oxygens (including phenoxy) is 1. The van der Waals surface area contributed by atoms with Gasteiger partial charge in [-0.25, -0.2) is 14.6 Å². The quantitative estimate of drug-likeness (QED) is 0.577. The van der Waals surface area contributed by atoms with Crippen molar-refractivity contribution < 1.29 is 4.74 Å². The molecule has 0 spiro atoms. The van der Waals surface area contributed by atoms with Crippen LogP contribution in [0.4, 0.5) is 0 Å². The van der Waals surface area contributed by atoms with E-state index in [4.69, 9.17) is 16.3 Å². The van der Waals surface area contributed by atoms with Crippen LogP contribution in [0.2, 0.25) is 5.15 Å². The molecule has 0 aromatic carbocycles. The first-order valence-electron chi connectivity index (χ1n) is 6.17. The predicted molar refractivity (Wildman–Crippen MR) is 87.3 cm³/mol. The zero-order chi connectivity index (χ0) is 15.0. The molecule has 5 nitrogen and oxygen atoms in total. The largest absolute Gasteiger partial charge is 0.481 e. The molecule has 2 aromatic heterocycles. The minimum Gasteiger partial charge on any atom is -0.481 e. The maximum atomic E-state index is 6.24. The highest BCUT2D eigenvalue weighted by Crippen LogP contribution is 2.33. The SMILES string of the molecule is COc1c(-c2nc(Cl)c(I)c(C(C)C)n2)c(C)nn1C. The summed E-state index contributed by atoms with van der Waals surface area (Å²) in [5.74, 6) is 1.46. The molecule has 0 bridgehead atoms. The van der Waals surface area contributed by atoms with Gasteiger partial charge in [0, 0.05) is 7.05 Å². The first-order chi connectivity index (χ1) is 9.36. The topological polar surface area (TPSA) is 52.8 Å². The van der Waals surface area contributed by atoms with Gasteiger partial charge in [0.25, 0.3) is 0 Å². The van der Waals surface area contributed by atoms with Crippen molar-refractivity contribution in [2.75, 3.05) is 7.11 Å². The monoisotopic (exact) mass is 406 g/mol. The van der Waals surface area contributed by atoms with Gasteiger partial charge in [0.1, 0.15) is 10.7 Å². The van der Waals surface area contributed by atoms with E-state index in [-0.39, 0.29) is 5.92 Å². The van der Waals surface area contributed by atoms with Crippen LogP contribution in [-0.2, 0) is 7.05 Å². The van der Waals surface area contributed by atoms with Crippen LogP contribution < -0.4 is 4.74 Å². The fraction of sp³-hybridized carbons (Fsp3) is 0.462. The van der Waals surface area contributed by atoms with Crippen LogP contribution in [0.25, 0.3) is 11.4 Å². The summed E-state index contributed by atoms with van der Waals surface area (Å²) in [6.07, 6.45) is 0. The lowest BCUT2D eigenvalue weighted by Crippen LogP contribution is -2.03. The van der Waals surface area contributed by atoms with Gasteiger partial charge < -0.3 is 4.74 Å². The molecule has 108 valence electrons. The first-order valence-corrected chi connectivity index (χ1v) is 7.63. The van der Waals surface area contributed by atoms with E-state index < -0.39 is 0 Å². The summed E-state index contributed by atoms with van der Waals surface area (Å²) in [4.78, 5) is 9.03. The molecule has 0 atom stereocenters. The fourth-order valence-corrected chi connectivity index (χ4v) is 3.10. The van der Waals surface area contributed by atoms with Crippen LogP contribution in [0.1, 0.15) is 31.2 Å². The Morgan fingerprint density at radius 3 is 2.50 bits per heavy atom. The second-order valence-corrected chi connectivity index (χ2v) is 6.22. The molecular weight excluding hydrogens is 391 g/mol. The number of hydrogen-bond donors (Lipinski definition) is 0. The molecule has 2 aromatic rings. The highest BCUT2D eigenvalue weighted by Gasteiger charge is 2.22. The zero-order valence-corrected chi connectivity index (χ0v) is 14.9. The lowest BCUT2D eigenvalue weighted by Gasteiger charge is -2.11. The third-order valence-corrected chi connectivity index (χ3v) is 4.63. The number of hydrogen-bond acceptors (Lipinski definition) is 4. The third kappa shape index (κ3) is 2.63. The molecule has 0 saturated heterocycles. The standard InChI is InChI=1S/C13H16ClIN4O/c1-6(2)10-9(15)11(14)17-12(16-10)8-7(3)18-19(4)13(8)20-5/h6H,1-5H3. The van der Waals surface area contributed by atoms with E-state index in [1.807, 2.05) is 14.0 Å². The molecule has 0 aliphatic heterocycles. The molecule has 7 heteroatoms. The average molecular weight is 407 g/mol. The Kier molecular flexibility index (Phi) is 4.53. The van der Waals surface area contributed by atoms with E-state index in [0.717, 1.165) is 20.5 Å². The number of aryl methyl sites for hydroxylation is 2. The van der Waals surface area contributed by atoms with Gasteiger partial charge in [-0.3, -0.25) is 0 Å². The van der Waals surface area contributed by atoms with Crippen molar-refractivity contribution in [3.63, 3.8) is 0 Å². The molecule has 2 rings (SSSR count). The normalized spacial score (nSPS) is 11.2. The van der Waals surface area contributed by atoms with Gasteiger partial charge in [-0.15, -0.1) is 0 Å². The molecule has 0 saturated carbocycles. The summed E-state index contributed by atoms with van der Waals surface area (Å²) in [7, 11) is 3.44. The minimum absolute atomic E-state index is 0.268. The summed E-state index contributed by atoms with van der Waals surface area (Å²) in [5.41, 5.74) is 2.54. The molecule has 20 heavy (non-hydrogen) atoms. The Hall–Kier alpha value is -0.890. The second-order valence-electron chi connectivity index (χ2n) is 4.79. The summed E-state index contributed by atoms with van der Waals surface area (Å²) in [6, 6.07) is 0. The number of rotatable bonds is 3. The van der Waals surface area contributed by atoms with Gasteiger partial charge in [0.15, 0.2) is 5.82 Å². The second kappa shape index (κ2) is 5.85. The van der Waals surface area contributed by atoms with Crippen molar-refractivity contribution in [1.82, 2.24) is 19.7 Å². The van der Waals surface area contributed by atoms with E-state index in [1.54, 1.807) is 11.8 Å². The Bertz CT molecular complexity index is 654. The highest BCUT2D eigenvalue weighted by atomic mass is 127. The summed E-state index contributed by atoms with van der Waals surface area (Å²) in [5, 5.41) is 4.81. The molecule has 0 aliphatic rings. The average Bonchev–Trinajstić information content (AvgIpc) is 2.66. The van der Waals surface area contributed by atoms with Gasteiger partial charge in [0.05, 0.1) is 22.1 Å². The zero-order valence-electron chi connectivity index (χ0n) is 12.0. The molecule has 0 aliphatic carbocycles. The minimum atomic E-state index is 0.268. The van der Waals surface area contributed by atoms with Crippen LogP contribution in [-0.4, -0.2) is 26.9 Å². The van der Waals surface area contributed by atoms with Crippen molar-refractivity contribution in [3.8, 4) is 17.3 Å². The van der Waals surface area contributed by atoms with Gasteiger partial charge >= 0.3 is 0 Å². The number of halogens is 2. The van der Waals surface area contributed by atoms with E-state index >= 15 is 0 Å². The maximum Gasteiger partial charge on any atom is 0.222 e. The Balaban J connectivity index is 2.71. The Morgan fingerprint density at radius 2 is 1.95 bits per heavy atom. The van der Waals surface area contributed by atoms with E-state index in [2.05, 4.69) is 51.5 Å². The third-order valence-electron chi connectivity index (χ3n) is 2.97. The smallest absolute Gasteiger partial charge is 0.222 e. The molecule has 0 radical (unpaired) electrons. The number of methoxy groups -OCH3 is 1. The maximum absolute atomic E-state index is 6.24. The van der Waals surface area contributed by atoms with E-state index in [0.29, 0.717) is 16.9 Å². The molecular formula is C13H16ClIN4O. The molecule has 2 heterocycles. The van der Waals surface area contributed by atoms with Crippen molar-refractivity contribution in [2.24, 2.45) is 7.05 Å². The lowest BCUT2D eigenvalue weighted by atomic mass is 10.1. The first kappa shape index (κ1) is 15.5. The van der Waals surface area contributed by atoms with Crippen LogP contribution in [0.15, 0.2) is 0 Å². The van der Waals surface area contributed by atoms with Crippen LogP contribution in [0.5, 0.6) is 5.88 Å². The molecule has 0 N–H and O–H groups in total. The van der Waals surface area contributed by atoms with Crippen LogP contribution in [0.3, 0.4) is 0 Å². The Labute approximate surface area is 136 Å². The summed E-state index contributed by atoms with van der Waals surface area (Å²) >= 11 is 8.42. The molecule has 0 fully saturated rings. The van der Waals surface area contributed by atoms with Crippen molar-refractivity contribution in [2.45, 2.75) is 26.7 Å². The van der Waals surface area contributed by atoms with Gasteiger partial charge in [0.2, 0.25) is 5.88 Å². The predicted octanol–water partition coefficient (Wildman–Crippen LogP) is 3.58. The Morgan fingerprint density at radius 1 is 1.30 bits per heavy atom. The highest BCUT2D eigenvalue weighted by molar-refractivity contribution is 14.1. The van der Waals surface area contributed by atoms with E-state index in [9.17, 15) is 0 Å². The molecule has 0 unspecified atom stereocenters. The molecule has 0 amide bonds. The van der Waals surface area contributed by atoms with Crippen molar-refractivity contribution >= 4 is 34.2 Å². The van der Waals surface area contributed by atoms with E-state index in [1.165, 1.54) is 0 Å².